The number of carbonyl (C=O) groups is 1. The number of rotatable bonds is 9. The summed E-state index contributed by atoms with van der Waals surface area (Å²) in [5.41, 5.74) is 2.10. The van der Waals surface area contributed by atoms with Gasteiger partial charge in [-0.1, -0.05) is 28.1 Å². The Labute approximate surface area is 215 Å². The zero-order valence-electron chi connectivity index (χ0n) is 18.9. The lowest BCUT2D eigenvalue weighted by atomic mass is 10.1. The molecule has 1 saturated carbocycles. The van der Waals surface area contributed by atoms with Crippen molar-refractivity contribution in [2.24, 2.45) is 16.0 Å². The molecule has 4 N–H and O–H groups in total. The highest BCUT2D eigenvalue weighted by atomic mass is 79.9. The smallest absolute Gasteiger partial charge is 0.333 e. The SMILES string of the molecule is NS(=O)(=O)OCC1CC(=Nc2ncncc2C(=O)c2cc(CO)n(Cc3cccc(Br)c3)n2)CC1O. The van der Waals surface area contributed by atoms with Crippen molar-refractivity contribution in [3.63, 3.8) is 0 Å². The summed E-state index contributed by atoms with van der Waals surface area (Å²) in [7, 11) is -4.13. The molecule has 0 spiro atoms. The van der Waals surface area contributed by atoms with Gasteiger partial charge in [0.1, 0.15) is 12.0 Å². The monoisotopic (exact) mass is 578 g/mol. The second-order valence-corrected chi connectivity index (χ2v) is 10.4. The van der Waals surface area contributed by atoms with Crippen LogP contribution >= 0.6 is 15.9 Å². The van der Waals surface area contributed by atoms with E-state index in [1.54, 1.807) is 4.68 Å². The van der Waals surface area contributed by atoms with Crippen molar-refractivity contribution in [2.75, 3.05) is 6.61 Å². The first-order valence-electron chi connectivity index (χ1n) is 10.8. The fourth-order valence-electron chi connectivity index (χ4n) is 3.87. The number of aliphatic imine (C=N–C) groups is 1. The van der Waals surface area contributed by atoms with Gasteiger partial charge in [-0.2, -0.15) is 13.5 Å². The first-order valence-corrected chi connectivity index (χ1v) is 13.1. The van der Waals surface area contributed by atoms with Crippen molar-refractivity contribution in [1.82, 2.24) is 19.7 Å². The second kappa shape index (κ2) is 11.0. The highest BCUT2D eigenvalue weighted by Gasteiger charge is 2.32. The summed E-state index contributed by atoms with van der Waals surface area (Å²) >= 11 is 3.42. The maximum Gasteiger partial charge on any atom is 0.333 e. The van der Waals surface area contributed by atoms with Gasteiger partial charge in [-0.15, -0.1) is 0 Å². The predicted molar refractivity (Wildman–Crippen MR) is 132 cm³/mol. The van der Waals surface area contributed by atoms with E-state index in [0.717, 1.165) is 10.0 Å². The quantitative estimate of drug-likeness (QED) is 0.314. The molecule has 2 atom stereocenters. The van der Waals surface area contributed by atoms with Crippen LogP contribution < -0.4 is 5.14 Å². The van der Waals surface area contributed by atoms with Crippen molar-refractivity contribution < 1.29 is 27.6 Å². The van der Waals surface area contributed by atoms with Gasteiger partial charge in [-0.25, -0.2) is 20.1 Å². The van der Waals surface area contributed by atoms with E-state index in [-0.39, 0.29) is 43.1 Å². The Bertz CT molecular complexity index is 1410. The van der Waals surface area contributed by atoms with Crippen LogP contribution in [0.15, 0.2) is 52.3 Å². The summed E-state index contributed by atoms with van der Waals surface area (Å²) in [4.78, 5) is 25.8. The van der Waals surface area contributed by atoms with Crippen LogP contribution in [0.4, 0.5) is 5.82 Å². The lowest BCUT2D eigenvalue weighted by Crippen LogP contribution is -2.24. The van der Waals surface area contributed by atoms with Gasteiger partial charge in [-0.05, 0) is 30.2 Å². The number of aliphatic hydroxyl groups excluding tert-OH is 2. The zero-order valence-corrected chi connectivity index (χ0v) is 21.3. The van der Waals surface area contributed by atoms with Crippen LogP contribution in [0.1, 0.15) is 40.2 Å². The average Bonchev–Trinajstić information content (AvgIpc) is 3.39. The minimum Gasteiger partial charge on any atom is -0.392 e. The van der Waals surface area contributed by atoms with E-state index in [0.29, 0.717) is 18.0 Å². The maximum atomic E-state index is 13.3. The molecule has 0 radical (unpaired) electrons. The highest BCUT2D eigenvalue weighted by Crippen LogP contribution is 2.28. The van der Waals surface area contributed by atoms with Crippen molar-refractivity contribution >= 4 is 43.5 Å². The number of nitrogens with zero attached hydrogens (tertiary/aromatic N) is 5. The van der Waals surface area contributed by atoms with Crippen molar-refractivity contribution in [1.29, 1.82) is 0 Å². The number of aromatic nitrogens is 4. The fraction of sp³-hybridized carbons (Fsp3) is 0.318. The van der Waals surface area contributed by atoms with E-state index in [9.17, 15) is 23.4 Å². The van der Waals surface area contributed by atoms with Crippen LogP contribution in [-0.2, 0) is 27.6 Å². The van der Waals surface area contributed by atoms with Crippen molar-refractivity contribution in [3.8, 4) is 0 Å². The molecule has 2 heterocycles. The lowest BCUT2D eigenvalue weighted by Gasteiger charge is -2.11. The van der Waals surface area contributed by atoms with Gasteiger partial charge in [-0.3, -0.25) is 13.7 Å². The summed E-state index contributed by atoms with van der Waals surface area (Å²) in [6, 6.07) is 9.11. The number of halogens is 1. The number of hydrogen-bond donors (Lipinski definition) is 3. The number of nitrogens with two attached hydrogens (primary N) is 1. The van der Waals surface area contributed by atoms with Crippen LogP contribution in [-0.4, -0.2) is 62.6 Å². The van der Waals surface area contributed by atoms with Gasteiger partial charge < -0.3 is 10.2 Å². The van der Waals surface area contributed by atoms with E-state index >= 15 is 0 Å². The normalized spacial score (nSPS) is 19.2. The summed E-state index contributed by atoms with van der Waals surface area (Å²) < 4.78 is 29.1. The summed E-state index contributed by atoms with van der Waals surface area (Å²) in [5, 5.41) is 29.3. The Morgan fingerprint density at radius 1 is 1.31 bits per heavy atom. The number of carbonyl (C=O) groups excluding carboxylic acids is 1. The summed E-state index contributed by atoms with van der Waals surface area (Å²) in [5.74, 6) is -0.911. The third-order valence-corrected chi connectivity index (χ3v) is 6.57. The fourth-order valence-corrected chi connectivity index (χ4v) is 4.68. The Balaban J connectivity index is 1.56. The second-order valence-electron chi connectivity index (χ2n) is 8.25. The van der Waals surface area contributed by atoms with E-state index in [2.05, 4.69) is 40.2 Å². The van der Waals surface area contributed by atoms with E-state index in [1.807, 2.05) is 24.3 Å². The highest BCUT2D eigenvalue weighted by molar-refractivity contribution is 9.10. The third-order valence-electron chi connectivity index (χ3n) is 5.61. The van der Waals surface area contributed by atoms with Gasteiger partial charge in [0, 0.05) is 28.7 Å². The topological polar surface area (TPSA) is 183 Å². The summed E-state index contributed by atoms with van der Waals surface area (Å²) in [6.45, 7) is -0.245. The molecule has 36 heavy (non-hydrogen) atoms. The maximum absolute atomic E-state index is 13.3. The molecule has 2 unspecified atom stereocenters. The molecule has 0 bridgehead atoms. The average molecular weight is 579 g/mol. The van der Waals surface area contributed by atoms with Gasteiger partial charge in [0.25, 0.3) is 0 Å². The molecule has 1 aromatic carbocycles. The Morgan fingerprint density at radius 2 is 2.11 bits per heavy atom. The number of benzene rings is 1. The Morgan fingerprint density at radius 3 is 2.83 bits per heavy atom. The molecule has 190 valence electrons. The van der Waals surface area contributed by atoms with Crippen LogP contribution in [0.5, 0.6) is 0 Å². The summed E-state index contributed by atoms with van der Waals surface area (Å²) in [6.07, 6.45) is 2.09. The van der Waals surface area contributed by atoms with Crippen LogP contribution in [0.2, 0.25) is 0 Å². The molecule has 1 fully saturated rings. The van der Waals surface area contributed by atoms with Crippen molar-refractivity contribution in [2.45, 2.75) is 32.1 Å². The standard InChI is InChI=1S/C22H23BrN6O6S/c23-15-3-1-2-13(4-15)9-29-17(10-30)7-19(28-29)21(32)18-8-25-12-26-22(18)27-16-5-14(20(31)6-16)11-35-36(24,33)34/h1-4,7-8,12,14,20,30-31H,5-6,9-11H2,(H2,24,33,34). The van der Waals surface area contributed by atoms with Gasteiger partial charge in [0.15, 0.2) is 5.82 Å². The van der Waals surface area contributed by atoms with Crippen LogP contribution in [0, 0.1) is 5.92 Å². The molecule has 0 aliphatic heterocycles. The molecule has 0 saturated heterocycles. The van der Waals surface area contributed by atoms with Gasteiger partial charge in [0.2, 0.25) is 5.78 Å². The predicted octanol–water partition coefficient (Wildman–Crippen LogP) is 1.27. The van der Waals surface area contributed by atoms with Crippen molar-refractivity contribution in [3.05, 3.63) is 69.8 Å². The molecule has 1 aliphatic rings. The molecule has 12 nitrogen and oxygen atoms in total. The lowest BCUT2D eigenvalue weighted by molar-refractivity contribution is 0.101. The van der Waals surface area contributed by atoms with Crippen LogP contribution in [0.3, 0.4) is 0 Å². The number of hydrogen-bond acceptors (Lipinski definition) is 10. The molecule has 1 aliphatic carbocycles. The molecule has 14 heteroatoms. The van der Waals surface area contributed by atoms with E-state index in [1.165, 1.54) is 18.6 Å². The van der Waals surface area contributed by atoms with E-state index < -0.39 is 28.1 Å². The van der Waals surface area contributed by atoms with Crippen LogP contribution in [0.25, 0.3) is 0 Å². The molecule has 2 aromatic heterocycles. The Kier molecular flexibility index (Phi) is 8.02. The Hall–Kier alpha value is -2.88. The minimum atomic E-state index is -4.13. The molecule has 0 amide bonds. The number of aliphatic hydroxyl groups is 2. The first-order chi connectivity index (χ1) is 17.1. The molecular formula is C22H23BrN6O6S. The molecule has 4 rings (SSSR count). The van der Waals surface area contributed by atoms with Gasteiger partial charge >= 0.3 is 10.3 Å². The largest absolute Gasteiger partial charge is 0.392 e. The van der Waals surface area contributed by atoms with E-state index in [4.69, 9.17) is 5.14 Å². The first kappa shape index (κ1) is 26.2. The molecule has 3 aromatic rings. The molecular weight excluding hydrogens is 556 g/mol. The zero-order chi connectivity index (χ0) is 25.9. The minimum absolute atomic E-state index is 0.0937. The number of ketones is 1. The van der Waals surface area contributed by atoms with Gasteiger partial charge in [0.05, 0.1) is 37.1 Å². The third kappa shape index (κ3) is 6.46.